The summed E-state index contributed by atoms with van der Waals surface area (Å²) in [5.41, 5.74) is 0.978. The first-order valence-corrected chi connectivity index (χ1v) is 4.69. The topological polar surface area (TPSA) is 55.1 Å². The van der Waals surface area contributed by atoms with Crippen LogP contribution in [-0.2, 0) is 0 Å². The third-order valence-electron chi connectivity index (χ3n) is 1.99. The lowest BCUT2D eigenvalue weighted by molar-refractivity contribution is 0.0697. The summed E-state index contributed by atoms with van der Waals surface area (Å²) in [7, 11) is 0. The molecular formula is C10H8N2O2S. The highest BCUT2D eigenvalue weighted by atomic mass is 32.1. The molecule has 0 atom stereocenters. The molecule has 2 rings (SSSR count). The molecule has 1 N–H and O–H groups in total. The molecule has 0 radical (unpaired) electrons. The molecule has 76 valence electrons. The van der Waals surface area contributed by atoms with E-state index in [1.807, 2.05) is 0 Å². The third kappa shape index (κ3) is 1.87. The van der Waals surface area contributed by atoms with E-state index in [-0.39, 0.29) is 5.56 Å². The van der Waals surface area contributed by atoms with Crippen molar-refractivity contribution in [3.63, 3.8) is 0 Å². The Kier molecular flexibility index (Phi) is 2.47. The summed E-state index contributed by atoms with van der Waals surface area (Å²) in [5.74, 6) is -0.947. The highest BCUT2D eigenvalue weighted by Crippen LogP contribution is 2.14. The number of nitrogens with zero attached hydrogens (tertiary/aromatic N) is 2. The smallest absolute Gasteiger partial charge is 0.335 e. The number of carboxylic acids is 1. The Morgan fingerprint density at radius 3 is 2.87 bits per heavy atom. The molecule has 0 amide bonds. The number of carbonyl (C=O) groups is 1. The molecule has 0 saturated heterocycles. The molecule has 1 aromatic carbocycles. The van der Waals surface area contributed by atoms with Gasteiger partial charge in [-0.05, 0) is 18.2 Å². The Bertz CT molecular complexity index is 508. The lowest BCUT2D eigenvalue weighted by Gasteiger charge is -2.04. The van der Waals surface area contributed by atoms with Crippen LogP contribution in [0.1, 0.15) is 10.4 Å². The lowest BCUT2D eigenvalue weighted by Crippen LogP contribution is -1.99. The molecule has 0 aliphatic rings. The molecule has 1 heterocycles. The number of hydrogen-bond donors (Lipinski definition) is 2. The van der Waals surface area contributed by atoms with Crippen LogP contribution in [0.25, 0.3) is 5.69 Å². The minimum absolute atomic E-state index is 0.244. The number of thiol groups is 1. The van der Waals surface area contributed by atoms with Gasteiger partial charge in [-0.3, -0.25) is 4.57 Å². The van der Waals surface area contributed by atoms with Crippen LogP contribution < -0.4 is 0 Å². The minimum atomic E-state index is -0.947. The van der Waals surface area contributed by atoms with E-state index in [1.54, 1.807) is 41.2 Å². The molecule has 2 aromatic rings. The summed E-state index contributed by atoms with van der Waals surface area (Å²) in [6.07, 6.45) is 3.33. The van der Waals surface area contributed by atoms with Gasteiger partial charge in [0.05, 0.1) is 5.56 Å². The van der Waals surface area contributed by atoms with Gasteiger partial charge in [0.2, 0.25) is 0 Å². The zero-order valence-electron chi connectivity index (χ0n) is 7.66. The fourth-order valence-electron chi connectivity index (χ4n) is 1.29. The molecule has 0 fully saturated rings. The van der Waals surface area contributed by atoms with E-state index in [9.17, 15) is 4.79 Å². The summed E-state index contributed by atoms with van der Waals surface area (Å²) in [4.78, 5) is 14.7. The van der Waals surface area contributed by atoms with Crippen molar-refractivity contribution in [2.24, 2.45) is 0 Å². The van der Waals surface area contributed by atoms with Gasteiger partial charge in [-0.25, -0.2) is 9.78 Å². The fourth-order valence-corrected chi connectivity index (χ4v) is 1.53. The largest absolute Gasteiger partial charge is 0.478 e. The first-order valence-electron chi connectivity index (χ1n) is 4.24. The van der Waals surface area contributed by atoms with Crippen molar-refractivity contribution in [1.29, 1.82) is 0 Å². The molecule has 4 nitrogen and oxygen atoms in total. The Morgan fingerprint density at radius 1 is 1.47 bits per heavy atom. The second-order valence-electron chi connectivity index (χ2n) is 2.95. The normalized spacial score (nSPS) is 10.2. The lowest BCUT2D eigenvalue weighted by atomic mass is 10.2. The minimum Gasteiger partial charge on any atom is -0.478 e. The second-order valence-corrected chi connectivity index (χ2v) is 3.35. The van der Waals surface area contributed by atoms with Gasteiger partial charge >= 0.3 is 5.97 Å². The SMILES string of the molecule is O=C(O)c1cccc(-n2ccnc2S)c1. The monoisotopic (exact) mass is 220 g/mol. The highest BCUT2D eigenvalue weighted by molar-refractivity contribution is 7.80. The number of benzene rings is 1. The van der Waals surface area contributed by atoms with Gasteiger partial charge in [-0.15, -0.1) is 12.6 Å². The molecule has 0 saturated carbocycles. The maximum absolute atomic E-state index is 10.8. The number of carboxylic acid groups (broad SMARTS) is 1. The Labute approximate surface area is 91.6 Å². The summed E-state index contributed by atoms with van der Waals surface area (Å²) in [6.45, 7) is 0. The zero-order chi connectivity index (χ0) is 10.8. The van der Waals surface area contributed by atoms with Gasteiger partial charge in [0.1, 0.15) is 0 Å². The van der Waals surface area contributed by atoms with Crippen LogP contribution in [0.2, 0.25) is 0 Å². The summed E-state index contributed by atoms with van der Waals surface area (Å²) in [6, 6.07) is 6.60. The van der Waals surface area contributed by atoms with Gasteiger partial charge in [0, 0.05) is 18.1 Å². The molecule has 1 aromatic heterocycles. The number of aromatic nitrogens is 2. The Balaban J connectivity index is 2.50. The predicted octanol–water partition coefficient (Wildman–Crippen LogP) is 1.86. The summed E-state index contributed by atoms with van der Waals surface area (Å²) in [5, 5.41) is 9.36. The van der Waals surface area contributed by atoms with Gasteiger partial charge in [-0.1, -0.05) is 6.07 Å². The summed E-state index contributed by atoms with van der Waals surface area (Å²) < 4.78 is 1.70. The van der Waals surface area contributed by atoms with Gasteiger partial charge in [0.15, 0.2) is 5.16 Å². The van der Waals surface area contributed by atoms with Gasteiger partial charge in [-0.2, -0.15) is 0 Å². The number of aromatic carboxylic acids is 1. The molecule has 15 heavy (non-hydrogen) atoms. The van der Waals surface area contributed by atoms with Crippen LogP contribution in [0, 0.1) is 0 Å². The van der Waals surface area contributed by atoms with Gasteiger partial charge < -0.3 is 5.11 Å². The highest BCUT2D eigenvalue weighted by Gasteiger charge is 2.05. The molecule has 0 spiro atoms. The van der Waals surface area contributed by atoms with Crippen LogP contribution >= 0.6 is 12.6 Å². The van der Waals surface area contributed by atoms with Crippen molar-refractivity contribution < 1.29 is 9.90 Å². The van der Waals surface area contributed by atoms with Crippen molar-refractivity contribution >= 4 is 18.6 Å². The molecule has 5 heteroatoms. The van der Waals surface area contributed by atoms with Crippen molar-refractivity contribution in [1.82, 2.24) is 9.55 Å². The Morgan fingerprint density at radius 2 is 2.27 bits per heavy atom. The quantitative estimate of drug-likeness (QED) is 0.759. The molecule has 0 aliphatic carbocycles. The van der Waals surface area contributed by atoms with Crippen LogP contribution in [0.15, 0.2) is 41.8 Å². The number of imidazole rings is 1. The van der Waals surface area contributed by atoms with Crippen molar-refractivity contribution in [2.45, 2.75) is 5.16 Å². The average Bonchev–Trinajstić information content (AvgIpc) is 2.64. The number of hydrogen-bond acceptors (Lipinski definition) is 3. The van der Waals surface area contributed by atoms with E-state index in [0.717, 1.165) is 5.69 Å². The van der Waals surface area contributed by atoms with E-state index in [4.69, 9.17) is 5.11 Å². The van der Waals surface area contributed by atoms with E-state index in [1.165, 1.54) is 0 Å². The third-order valence-corrected chi connectivity index (χ3v) is 2.32. The van der Waals surface area contributed by atoms with Crippen molar-refractivity contribution in [3.05, 3.63) is 42.2 Å². The van der Waals surface area contributed by atoms with Crippen LogP contribution in [0.4, 0.5) is 0 Å². The van der Waals surface area contributed by atoms with Crippen LogP contribution in [-0.4, -0.2) is 20.6 Å². The molecule has 0 bridgehead atoms. The summed E-state index contributed by atoms with van der Waals surface area (Å²) >= 11 is 4.15. The predicted molar refractivity (Wildman–Crippen MR) is 57.8 cm³/mol. The maximum atomic E-state index is 10.8. The average molecular weight is 220 g/mol. The molecule has 0 unspecified atom stereocenters. The molecule has 0 aliphatic heterocycles. The van der Waals surface area contributed by atoms with Crippen molar-refractivity contribution in [3.8, 4) is 5.69 Å². The van der Waals surface area contributed by atoms with Gasteiger partial charge in [0.25, 0.3) is 0 Å². The second kappa shape index (κ2) is 3.78. The van der Waals surface area contributed by atoms with E-state index >= 15 is 0 Å². The van der Waals surface area contributed by atoms with Crippen LogP contribution in [0.3, 0.4) is 0 Å². The fraction of sp³-hybridized carbons (Fsp3) is 0. The maximum Gasteiger partial charge on any atom is 0.335 e. The van der Waals surface area contributed by atoms with E-state index < -0.39 is 5.97 Å². The molecular weight excluding hydrogens is 212 g/mol. The van der Waals surface area contributed by atoms with Crippen LogP contribution in [0.5, 0.6) is 0 Å². The first-order chi connectivity index (χ1) is 7.18. The Hall–Kier alpha value is -1.75. The van der Waals surface area contributed by atoms with E-state index in [2.05, 4.69) is 17.6 Å². The zero-order valence-corrected chi connectivity index (χ0v) is 8.56. The van der Waals surface area contributed by atoms with E-state index in [0.29, 0.717) is 5.16 Å². The standard InChI is InChI=1S/C10H8N2O2S/c13-9(14)7-2-1-3-8(6-7)12-5-4-11-10(12)15/h1-6H,(H,11,15)(H,13,14). The number of rotatable bonds is 2. The first kappa shape index (κ1) is 9.79. The van der Waals surface area contributed by atoms with Crippen molar-refractivity contribution in [2.75, 3.05) is 0 Å².